The zero-order chi connectivity index (χ0) is 21.8. The first-order valence-corrected chi connectivity index (χ1v) is 10.7. The topological polar surface area (TPSA) is 89.0 Å². The van der Waals surface area contributed by atoms with Gasteiger partial charge in [0.2, 0.25) is 0 Å². The molecule has 1 amide bonds. The lowest BCUT2D eigenvalue weighted by Crippen LogP contribution is -2.17. The van der Waals surface area contributed by atoms with E-state index in [2.05, 4.69) is 15.5 Å². The fraction of sp³-hybridized carbons (Fsp3) is 0.0909. The lowest BCUT2D eigenvalue weighted by Gasteiger charge is -2.09. The van der Waals surface area contributed by atoms with Crippen LogP contribution in [-0.4, -0.2) is 26.6 Å². The number of anilines is 1. The maximum Gasteiger partial charge on any atom is 0.331 e. The molecule has 7 nitrogen and oxygen atoms in total. The number of esters is 1. The van der Waals surface area contributed by atoms with E-state index in [9.17, 15) is 9.59 Å². The van der Waals surface area contributed by atoms with E-state index in [1.54, 1.807) is 34.9 Å². The number of rotatable bonds is 6. The zero-order valence-corrected chi connectivity index (χ0v) is 18.1. The first-order chi connectivity index (χ1) is 15.0. The monoisotopic (exact) mass is 450 g/mol. The maximum atomic E-state index is 12.5. The van der Waals surface area contributed by atoms with Crippen LogP contribution >= 0.6 is 23.6 Å². The van der Waals surface area contributed by atoms with Crippen molar-refractivity contribution in [2.75, 3.05) is 5.32 Å². The van der Waals surface area contributed by atoms with Crippen LogP contribution in [0.4, 0.5) is 5.69 Å². The van der Waals surface area contributed by atoms with Crippen LogP contribution in [0.1, 0.15) is 15.2 Å². The highest BCUT2D eigenvalue weighted by molar-refractivity contribution is 7.71. The Morgan fingerprint density at radius 1 is 1.13 bits per heavy atom. The summed E-state index contributed by atoms with van der Waals surface area (Å²) < 4.78 is 7.35. The number of aromatic amines is 1. The SMILES string of the molecule is Cc1ccc(-c2n[nH]c(=S)n2CC(=O)Oc2ccc(NC(=O)c3cccs3)cc2)cc1. The number of nitrogens with zero attached hydrogens (tertiary/aromatic N) is 2. The van der Waals surface area contributed by atoms with Gasteiger partial charge in [-0.25, -0.2) is 4.79 Å². The molecule has 2 aromatic carbocycles. The average molecular weight is 451 g/mol. The van der Waals surface area contributed by atoms with Crippen molar-refractivity contribution in [3.8, 4) is 17.1 Å². The van der Waals surface area contributed by atoms with Crippen LogP contribution in [0.3, 0.4) is 0 Å². The summed E-state index contributed by atoms with van der Waals surface area (Å²) >= 11 is 6.64. The van der Waals surface area contributed by atoms with Gasteiger partial charge in [0.1, 0.15) is 12.3 Å². The first kappa shape index (κ1) is 20.7. The summed E-state index contributed by atoms with van der Waals surface area (Å²) in [5, 5.41) is 11.6. The van der Waals surface area contributed by atoms with Gasteiger partial charge >= 0.3 is 5.97 Å². The van der Waals surface area contributed by atoms with E-state index in [-0.39, 0.29) is 12.5 Å². The number of hydrogen-bond acceptors (Lipinski definition) is 6. The maximum absolute atomic E-state index is 12.5. The zero-order valence-electron chi connectivity index (χ0n) is 16.5. The normalized spacial score (nSPS) is 10.6. The Kier molecular flexibility index (Phi) is 6.06. The van der Waals surface area contributed by atoms with Crippen molar-refractivity contribution < 1.29 is 14.3 Å². The summed E-state index contributed by atoms with van der Waals surface area (Å²) in [7, 11) is 0. The molecule has 0 saturated heterocycles. The Bertz CT molecular complexity index is 1260. The summed E-state index contributed by atoms with van der Waals surface area (Å²) in [6, 6.07) is 17.9. The molecule has 0 unspecified atom stereocenters. The number of carbonyl (C=O) groups is 2. The van der Waals surface area contributed by atoms with E-state index in [0.29, 0.717) is 26.9 Å². The number of benzene rings is 2. The quantitative estimate of drug-likeness (QED) is 0.249. The van der Waals surface area contributed by atoms with Gasteiger partial charge in [0.05, 0.1) is 4.88 Å². The summed E-state index contributed by atoms with van der Waals surface area (Å²) in [6.07, 6.45) is 0. The van der Waals surface area contributed by atoms with Crippen molar-refractivity contribution in [3.05, 3.63) is 81.3 Å². The molecule has 2 heterocycles. The summed E-state index contributed by atoms with van der Waals surface area (Å²) in [4.78, 5) is 25.2. The number of ether oxygens (including phenoxy) is 1. The van der Waals surface area contributed by atoms with Crippen molar-refractivity contribution in [3.63, 3.8) is 0 Å². The molecule has 9 heteroatoms. The van der Waals surface area contributed by atoms with Gasteiger partial charge in [0.25, 0.3) is 5.91 Å². The molecule has 0 radical (unpaired) electrons. The lowest BCUT2D eigenvalue weighted by molar-refractivity contribution is -0.135. The van der Waals surface area contributed by atoms with Crippen molar-refractivity contribution in [2.45, 2.75) is 13.5 Å². The smallest absolute Gasteiger partial charge is 0.331 e. The number of aromatic nitrogens is 3. The molecule has 4 aromatic rings. The number of nitrogens with one attached hydrogen (secondary N) is 2. The van der Waals surface area contributed by atoms with Crippen LogP contribution in [0.25, 0.3) is 11.4 Å². The van der Waals surface area contributed by atoms with Crippen LogP contribution in [0.2, 0.25) is 0 Å². The number of hydrogen-bond donors (Lipinski definition) is 2. The first-order valence-electron chi connectivity index (χ1n) is 9.37. The molecule has 0 atom stereocenters. The molecule has 2 N–H and O–H groups in total. The van der Waals surface area contributed by atoms with Gasteiger partial charge < -0.3 is 10.1 Å². The standard InChI is InChI=1S/C22H18N4O3S2/c1-14-4-6-15(7-5-14)20-24-25-22(30)26(20)13-19(27)29-17-10-8-16(9-11-17)23-21(28)18-3-2-12-31-18/h2-12H,13H2,1H3,(H,23,28)(H,25,30). The number of aryl methyl sites for hydroxylation is 1. The van der Waals surface area contributed by atoms with Gasteiger partial charge in [-0.3, -0.25) is 14.5 Å². The van der Waals surface area contributed by atoms with Crippen LogP contribution in [0.15, 0.2) is 66.0 Å². The third kappa shape index (κ3) is 4.96. The van der Waals surface area contributed by atoms with E-state index in [0.717, 1.165) is 11.1 Å². The van der Waals surface area contributed by atoms with E-state index in [4.69, 9.17) is 17.0 Å². The minimum atomic E-state index is -0.485. The van der Waals surface area contributed by atoms with E-state index < -0.39 is 5.97 Å². The minimum Gasteiger partial charge on any atom is -0.425 e. The largest absolute Gasteiger partial charge is 0.425 e. The Morgan fingerprint density at radius 3 is 2.55 bits per heavy atom. The van der Waals surface area contributed by atoms with E-state index in [1.807, 2.05) is 42.6 Å². The molecule has 2 aromatic heterocycles. The highest BCUT2D eigenvalue weighted by atomic mass is 32.1. The second-order valence-corrected chi connectivity index (χ2v) is 8.07. The summed E-state index contributed by atoms with van der Waals surface area (Å²) in [5.74, 6) is 0.263. The number of H-pyrrole nitrogens is 1. The highest BCUT2D eigenvalue weighted by Gasteiger charge is 2.14. The second-order valence-electron chi connectivity index (χ2n) is 6.73. The molecule has 0 fully saturated rings. The highest BCUT2D eigenvalue weighted by Crippen LogP contribution is 2.20. The third-order valence-electron chi connectivity index (χ3n) is 4.44. The van der Waals surface area contributed by atoms with Crippen molar-refractivity contribution in [2.24, 2.45) is 0 Å². The van der Waals surface area contributed by atoms with Gasteiger partial charge in [0, 0.05) is 11.3 Å². The Hall–Kier alpha value is -3.56. The molecular formula is C22H18N4O3S2. The van der Waals surface area contributed by atoms with Gasteiger partial charge in [-0.1, -0.05) is 35.9 Å². The van der Waals surface area contributed by atoms with Crippen molar-refractivity contribution in [1.29, 1.82) is 0 Å². The Labute approximate surface area is 187 Å². The van der Waals surface area contributed by atoms with Gasteiger partial charge in [-0.05, 0) is 54.9 Å². The number of amides is 1. The molecule has 0 spiro atoms. The van der Waals surface area contributed by atoms with Crippen molar-refractivity contribution >= 4 is 41.1 Å². The van der Waals surface area contributed by atoms with E-state index in [1.165, 1.54) is 11.3 Å². The molecule has 4 rings (SSSR count). The van der Waals surface area contributed by atoms with E-state index >= 15 is 0 Å². The van der Waals surface area contributed by atoms with Gasteiger partial charge in [-0.15, -0.1) is 11.3 Å². The molecule has 0 aliphatic carbocycles. The Morgan fingerprint density at radius 2 is 1.87 bits per heavy atom. The Balaban J connectivity index is 1.41. The van der Waals surface area contributed by atoms with Crippen molar-refractivity contribution in [1.82, 2.24) is 14.8 Å². The molecular weight excluding hydrogens is 432 g/mol. The second kappa shape index (κ2) is 9.07. The summed E-state index contributed by atoms with van der Waals surface area (Å²) in [6.45, 7) is 1.91. The van der Waals surface area contributed by atoms with Crippen LogP contribution < -0.4 is 10.1 Å². The average Bonchev–Trinajstić information content (AvgIpc) is 3.41. The molecule has 0 saturated carbocycles. The summed E-state index contributed by atoms with van der Waals surface area (Å²) in [5.41, 5.74) is 2.58. The fourth-order valence-corrected chi connectivity index (χ4v) is 3.70. The van der Waals surface area contributed by atoms with Crippen LogP contribution in [0.5, 0.6) is 5.75 Å². The molecule has 31 heavy (non-hydrogen) atoms. The fourth-order valence-electron chi connectivity index (χ4n) is 2.89. The third-order valence-corrected chi connectivity index (χ3v) is 5.62. The number of carbonyl (C=O) groups excluding carboxylic acids is 2. The lowest BCUT2D eigenvalue weighted by atomic mass is 10.1. The molecule has 0 aliphatic rings. The molecule has 156 valence electrons. The number of thiophene rings is 1. The minimum absolute atomic E-state index is 0.0879. The molecule has 0 aliphatic heterocycles. The van der Waals surface area contributed by atoms with Gasteiger partial charge in [-0.2, -0.15) is 5.10 Å². The van der Waals surface area contributed by atoms with Crippen LogP contribution in [-0.2, 0) is 11.3 Å². The predicted octanol–water partition coefficient (Wildman–Crippen LogP) is 4.84. The van der Waals surface area contributed by atoms with Gasteiger partial charge in [0.15, 0.2) is 10.6 Å². The van der Waals surface area contributed by atoms with Crippen LogP contribution in [0, 0.1) is 11.7 Å². The predicted molar refractivity (Wildman–Crippen MR) is 122 cm³/mol. The molecule has 0 bridgehead atoms.